The average Bonchev–Trinajstić information content (AvgIpc) is 2.46. The first-order chi connectivity index (χ1) is 10.0. The molecule has 0 aliphatic rings. The zero-order valence-corrected chi connectivity index (χ0v) is 12.0. The summed E-state index contributed by atoms with van der Waals surface area (Å²) in [7, 11) is 3.13. The zero-order chi connectivity index (χ0) is 15.4. The van der Waals surface area contributed by atoms with E-state index in [9.17, 15) is 9.59 Å². The van der Waals surface area contributed by atoms with Gasteiger partial charge in [-0.05, 0) is 17.7 Å². The molecule has 0 bridgehead atoms. The number of hydrogen-bond donors (Lipinski definition) is 1. The Bertz CT molecular complexity index is 707. The lowest BCUT2D eigenvalue weighted by Crippen LogP contribution is -2.21. The minimum atomic E-state index is -0.511. The molecule has 0 spiro atoms. The van der Waals surface area contributed by atoms with Crippen molar-refractivity contribution in [2.24, 2.45) is 0 Å². The van der Waals surface area contributed by atoms with Gasteiger partial charge in [-0.1, -0.05) is 0 Å². The van der Waals surface area contributed by atoms with Gasteiger partial charge in [0.25, 0.3) is 0 Å². The number of anilines is 1. The Labute approximate surface area is 121 Å². The van der Waals surface area contributed by atoms with E-state index < -0.39 is 11.6 Å². The SMILES string of the molecule is COC(=O)Cc1cc(=O)oc2cc(N(C)CCO)ccc12. The molecule has 2 rings (SSSR count). The number of aliphatic hydroxyl groups is 1. The quantitative estimate of drug-likeness (QED) is 0.652. The Kier molecular flexibility index (Phi) is 4.59. The van der Waals surface area contributed by atoms with Crippen LogP contribution >= 0.6 is 0 Å². The molecule has 0 aliphatic carbocycles. The number of carbonyl (C=O) groups excluding carboxylic acids is 1. The topological polar surface area (TPSA) is 80.0 Å². The van der Waals surface area contributed by atoms with Gasteiger partial charge in [0.1, 0.15) is 5.58 Å². The van der Waals surface area contributed by atoms with Crippen molar-refractivity contribution in [2.45, 2.75) is 6.42 Å². The average molecular weight is 291 g/mol. The Morgan fingerprint density at radius 2 is 2.14 bits per heavy atom. The van der Waals surface area contributed by atoms with Crippen LogP contribution in [0.1, 0.15) is 5.56 Å². The molecule has 1 heterocycles. The maximum absolute atomic E-state index is 11.6. The lowest BCUT2D eigenvalue weighted by Gasteiger charge is -2.18. The maximum Gasteiger partial charge on any atom is 0.336 e. The summed E-state index contributed by atoms with van der Waals surface area (Å²) < 4.78 is 9.82. The Morgan fingerprint density at radius 1 is 1.38 bits per heavy atom. The molecule has 1 N–H and O–H groups in total. The van der Waals surface area contributed by atoms with Crippen molar-refractivity contribution in [2.75, 3.05) is 32.2 Å². The molecule has 6 heteroatoms. The lowest BCUT2D eigenvalue weighted by atomic mass is 10.1. The fraction of sp³-hybridized carbons (Fsp3) is 0.333. The number of hydrogen-bond acceptors (Lipinski definition) is 6. The number of ether oxygens (including phenoxy) is 1. The number of rotatable bonds is 5. The van der Waals surface area contributed by atoms with Crippen LogP contribution in [0.3, 0.4) is 0 Å². The first-order valence-electron chi connectivity index (χ1n) is 6.50. The molecule has 0 unspecified atom stereocenters. The predicted molar refractivity (Wildman–Crippen MR) is 78.6 cm³/mol. The van der Waals surface area contributed by atoms with Crippen LogP contribution in [-0.4, -0.2) is 38.4 Å². The second-order valence-corrected chi connectivity index (χ2v) is 4.67. The van der Waals surface area contributed by atoms with E-state index in [0.717, 1.165) is 5.69 Å². The van der Waals surface area contributed by atoms with Gasteiger partial charge in [-0.3, -0.25) is 4.79 Å². The smallest absolute Gasteiger partial charge is 0.336 e. The summed E-state index contributed by atoms with van der Waals surface area (Å²) in [6.07, 6.45) is 0.0183. The van der Waals surface area contributed by atoms with Crippen molar-refractivity contribution in [1.29, 1.82) is 0 Å². The first-order valence-corrected chi connectivity index (χ1v) is 6.50. The van der Waals surface area contributed by atoms with Crippen molar-refractivity contribution in [3.8, 4) is 0 Å². The van der Waals surface area contributed by atoms with E-state index in [4.69, 9.17) is 9.52 Å². The molecule has 0 fully saturated rings. The van der Waals surface area contributed by atoms with E-state index in [-0.39, 0.29) is 13.0 Å². The van der Waals surface area contributed by atoms with Crippen molar-refractivity contribution < 1.29 is 19.1 Å². The molecule has 6 nitrogen and oxygen atoms in total. The number of methoxy groups -OCH3 is 1. The van der Waals surface area contributed by atoms with Crippen LogP contribution in [0.4, 0.5) is 5.69 Å². The van der Waals surface area contributed by atoms with Gasteiger partial charge in [0.2, 0.25) is 0 Å². The van der Waals surface area contributed by atoms with Gasteiger partial charge in [-0.2, -0.15) is 0 Å². The molecule has 1 aromatic heterocycles. The Balaban J connectivity index is 2.48. The number of aliphatic hydroxyl groups excluding tert-OH is 1. The molecule has 0 radical (unpaired) electrons. The monoisotopic (exact) mass is 291 g/mol. The summed E-state index contributed by atoms with van der Waals surface area (Å²) in [5.74, 6) is -0.414. The van der Waals surface area contributed by atoms with E-state index in [0.29, 0.717) is 23.1 Å². The highest BCUT2D eigenvalue weighted by Gasteiger charge is 2.11. The van der Waals surface area contributed by atoms with Crippen LogP contribution in [0.5, 0.6) is 0 Å². The summed E-state index contributed by atoms with van der Waals surface area (Å²) >= 11 is 0. The summed E-state index contributed by atoms with van der Waals surface area (Å²) in [5.41, 5.74) is 1.28. The van der Waals surface area contributed by atoms with Gasteiger partial charge >= 0.3 is 11.6 Å². The molecule has 0 aliphatic heterocycles. The number of esters is 1. The van der Waals surface area contributed by atoms with Crippen LogP contribution < -0.4 is 10.5 Å². The van der Waals surface area contributed by atoms with Crippen LogP contribution in [0, 0.1) is 0 Å². The van der Waals surface area contributed by atoms with Gasteiger partial charge in [0.15, 0.2) is 0 Å². The second kappa shape index (κ2) is 6.41. The van der Waals surface area contributed by atoms with E-state index >= 15 is 0 Å². The van der Waals surface area contributed by atoms with E-state index in [1.165, 1.54) is 13.2 Å². The molecule has 0 atom stereocenters. The first kappa shape index (κ1) is 15.1. The van der Waals surface area contributed by atoms with Gasteiger partial charge in [-0.25, -0.2) is 4.79 Å². The number of nitrogens with zero attached hydrogens (tertiary/aromatic N) is 1. The van der Waals surface area contributed by atoms with Gasteiger partial charge < -0.3 is 19.2 Å². The number of carbonyl (C=O) groups is 1. The van der Waals surface area contributed by atoms with Gasteiger partial charge in [0.05, 0.1) is 20.1 Å². The summed E-state index contributed by atoms with van der Waals surface area (Å²) in [5, 5.41) is 9.65. The minimum absolute atomic E-state index is 0.0183. The molecule has 0 amide bonds. The molecule has 1 aromatic carbocycles. The van der Waals surface area contributed by atoms with Crippen molar-refractivity contribution in [1.82, 2.24) is 0 Å². The molecule has 0 saturated heterocycles. The molecule has 112 valence electrons. The fourth-order valence-electron chi connectivity index (χ4n) is 2.11. The maximum atomic E-state index is 11.6. The highest BCUT2D eigenvalue weighted by molar-refractivity contribution is 5.87. The lowest BCUT2D eigenvalue weighted by molar-refractivity contribution is -0.139. The highest BCUT2D eigenvalue weighted by atomic mass is 16.5. The van der Waals surface area contributed by atoms with E-state index in [1.54, 1.807) is 12.1 Å². The predicted octanol–water partition coefficient (Wildman–Crippen LogP) is 0.937. The molecular formula is C15H17NO5. The second-order valence-electron chi connectivity index (χ2n) is 4.67. The van der Waals surface area contributed by atoms with Gasteiger partial charge in [0, 0.05) is 36.8 Å². The number of likely N-dealkylation sites (N-methyl/N-ethyl adjacent to an activating group) is 1. The summed E-state index contributed by atoms with van der Waals surface area (Å²) in [6, 6.07) is 6.65. The number of benzene rings is 1. The van der Waals surface area contributed by atoms with Crippen molar-refractivity contribution in [3.05, 3.63) is 40.2 Å². The Morgan fingerprint density at radius 3 is 2.81 bits per heavy atom. The van der Waals surface area contributed by atoms with E-state index in [2.05, 4.69) is 4.74 Å². The third-order valence-corrected chi connectivity index (χ3v) is 3.25. The van der Waals surface area contributed by atoms with Crippen LogP contribution in [0.25, 0.3) is 11.0 Å². The largest absolute Gasteiger partial charge is 0.469 e. The van der Waals surface area contributed by atoms with Crippen LogP contribution in [-0.2, 0) is 16.0 Å². The fourth-order valence-corrected chi connectivity index (χ4v) is 2.11. The Hall–Kier alpha value is -2.34. The van der Waals surface area contributed by atoms with Crippen molar-refractivity contribution >= 4 is 22.6 Å². The third-order valence-electron chi connectivity index (χ3n) is 3.25. The normalized spacial score (nSPS) is 10.6. The molecule has 2 aromatic rings. The summed E-state index contributed by atoms with van der Waals surface area (Å²) in [4.78, 5) is 24.9. The highest BCUT2D eigenvalue weighted by Crippen LogP contribution is 2.23. The van der Waals surface area contributed by atoms with Gasteiger partial charge in [-0.15, -0.1) is 0 Å². The summed E-state index contributed by atoms with van der Waals surface area (Å²) in [6.45, 7) is 0.498. The number of fused-ring (bicyclic) bond motifs is 1. The molecular weight excluding hydrogens is 274 g/mol. The van der Waals surface area contributed by atoms with Crippen LogP contribution in [0.2, 0.25) is 0 Å². The third kappa shape index (κ3) is 3.41. The molecule has 0 saturated carbocycles. The minimum Gasteiger partial charge on any atom is -0.469 e. The van der Waals surface area contributed by atoms with E-state index in [1.807, 2.05) is 18.0 Å². The van der Waals surface area contributed by atoms with Crippen molar-refractivity contribution in [3.63, 3.8) is 0 Å². The zero-order valence-electron chi connectivity index (χ0n) is 12.0. The standard InChI is InChI=1S/C15H17NO5/c1-16(5-6-17)11-3-4-12-10(7-14(18)20-2)8-15(19)21-13(12)9-11/h3-4,8-9,17H,5-7H2,1-2H3. The van der Waals surface area contributed by atoms with Crippen LogP contribution in [0.15, 0.2) is 33.5 Å². The molecule has 21 heavy (non-hydrogen) atoms.